The molecule has 1 aromatic carbocycles. The Balaban J connectivity index is 1.85. The third-order valence-corrected chi connectivity index (χ3v) is 4.28. The smallest absolute Gasteiger partial charge is 0.303 e. The van der Waals surface area contributed by atoms with Gasteiger partial charge in [0.2, 0.25) is 0 Å². The number of aryl methyl sites for hydroxylation is 1. The lowest BCUT2D eigenvalue weighted by Crippen LogP contribution is -2.21. The number of carboxylic acids is 1. The van der Waals surface area contributed by atoms with E-state index in [4.69, 9.17) is 5.11 Å². The fourth-order valence-corrected chi connectivity index (χ4v) is 3.03. The molecular weight excluding hydrogens is 280 g/mol. The zero-order valence-electron chi connectivity index (χ0n) is 12.5. The fourth-order valence-electron chi connectivity index (χ4n) is 3.03. The van der Waals surface area contributed by atoms with E-state index in [1.165, 1.54) is 0 Å². The topological polar surface area (TPSA) is 74.6 Å². The Labute approximate surface area is 130 Å². The maximum absolute atomic E-state index is 11.9. The summed E-state index contributed by atoms with van der Waals surface area (Å²) in [4.78, 5) is 22.8. The average Bonchev–Trinajstić information content (AvgIpc) is 2.84. The number of benzene rings is 1. The van der Waals surface area contributed by atoms with Gasteiger partial charge in [-0.2, -0.15) is 0 Å². The zero-order chi connectivity index (χ0) is 15.9. The Morgan fingerprint density at radius 1 is 1.18 bits per heavy atom. The number of hydrogen-bond acceptors (Lipinski definition) is 3. The van der Waals surface area contributed by atoms with Crippen molar-refractivity contribution < 1.29 is 19.8 Å². The highest BCUT2D eigenvalue weighted by molar-refractivity contribution is 5.89. The molecule has 0 spiro atoms. The van der Waals surface area contributed by atoms with Gasteiger partial charge in [-0.3, -0.25) is 9.59 Å². The minimum absolute atomic E-state index is 0.0215. The van der Waals surface area contributed by atoms with Gasteiger partial charge in [-0.05, 0) is 36.8 Å². The van der Waals surface area contributed by atoms with Crippen LogP contribution in [0.2, 0.25) is 0 Å². The number of carbonyl (C=O) groups excluding carboxylic acids is 1. The van der Waals surface area contributed by atoms with Crippen molar-refractivity contribution in [1.29, 1.82) is 0 Å². The van der Waals surface area contributed by atoms with Gasteiger partial charge in [0.1, 0.15) is 0 Å². The summed E-state index contributed by atoms with van der Waals surface area (Å²) in [6.07, 6.45) is 5.21. The maximum atomic E-state index is 11.9. The molecule has 1 aliphatic carbocycles. The molecule has 2 rings (SSSR count). The van der Waals surface area contributed by atoms with Crippen LogP contribution >= 0.6 is 0 Å². The largest absolute Gasteiger partial charge is 0.481 e. The summed E-state index contributed by atoms with van der Waals surface area (Å²) < 4.78 is 0. The minimum Gasteiger partial charge on any atom is -0.481 e. The van der Waals surface area contributed by atoms with Crippen LogP contribution in [0.1, 0.15) is 31.2 Å². The number of allylic oxidation sites excluding steroid dienone is 2. The lowest BCUT2D eigenvalue weighted by molar-refractivity contribution is -0.139. The number of carbonyl (C=O) groups is 2. The van der Waals surface area contributed by atoms with Crippen molar-refractivity contribution in [3.63, 3.8) is 0 Å². The second-order valence-corrected chi connectivity index (χ2v) is 5.88. The van der Waals surface area contributed by atoms with Gasteiger partial charge in [-0.1, -0.05) is 36.4 Å². The highest BCUT2D eigenvalue weighted by Gasteiger charge is 2.34. The van der Waals surface area contributed by atoms with Gasteiger partial charge in [0.25, 0.3) is 0 Å². The molecule has 2 N–H and O–H groups in total. The first kappa shape index (κ1) is 16.4. The standard InChI is InChI=1S/C18H22O4/c19-15(9-6-13-4-2-1-3-5-13)10-7-14-8-11-17(20)16(14)12-18(21)22/h1-5,7,10,14,16-17,20H,6,8-9,11-12H2,(H,21,22)/t14-,16+,17-/m1/s1. The average molecular weight is 302 g/mol. The SMILES string of the molecule is O=C(O)C[C@@H]1[C@H](O)CC[C@H]1C=CC(=O)CCc1ccccc1. The molecule has 118 valence electrons. The molecule has 1 aliphatic rings. The molecule has 0 unspecified atom stereocenters. The summed E-state index contributed by atoms with van der Waals surface area (Å²) in [5, 5.41) is 18.7. The Morgan fingerprint density at radius 3 is 2.59 bits per heavy atom. The van der Waals surface area contributed by atoms with Crippen LogP contribution in [0.25, 0.3) is 0 Å². The van der Waals surface area contributed by atoms with Gasteiger partial charge in [0.15, 0.2) is 5.78 Å². The van der Waals surface area contributed by atoms with E-state index in [9.17, 15) is 14.7 Å². The minimum atomic E-state index is -0.903. The van der Waals surface area contributed by atoms with Crippen LogP contribution in [0.5, 0.6) is 0 Å². The van der Waals surface area contributed by atoms with E-state index in [2.05, 4.69) is 0 Å². The van der Waals surface area contributed by atoms with Crippen LogP contribution in [0.3, 0.4) is 0 Å². The molecule has 1 saturated carbocycles. The first-order valence-corrected chi connectivity index (χ1v) is 7.71. The van der Waals surface area contributed by atoms with Crippen molar-refractivity contribution >= 4 is 11.8 Å². The lowest BCUT2D eigenvalue weighted by Gasteiger charge is -2.17. The Morgan fingerprint density at radius 2 is 1.91 bits per heavy atom. The second kappa shape index (κ2) is 7.90. The highest BCUT2D eigenvalue weighted by Crippen LogP contribution is 2.35. The number of ketones is 1. The van der Waals surface area contributed by atoms with Gasteiger partial charge in [-0.25, -0.2) is 0 Å². The first-order valence-electron chi connectivity index (χ1n) is 7.71. The number of aliphatic hydroxyl groups is 1. The van der Waals surface area contributed by atoms with Crippen LogP contribution < -0.4 is 0 Å². The van der Waals surface area contributed by atoms with Gasteiger partial charge >= 0.3 is 5.97 Å². The Bertz CT molecular complexity index is 535. The molecule has 4 nitrogen and oxygen atoms in total. The number of aliphatic carboxylic acids is 1. The van der Waals surface area contributed by atoms with E-state index in [-0.39, 0.29) is 24.0 Å². The molecule has 0 amide bonds. The first-order chi connectivity index (χ1) is 10.6. The predicted octanol–water partition coefficient (Wildman–Crippen LogP) is 2.61. The molecule has 0 radical (unpaired) electrons. The lowest BCUT2D eigenvalue weighted by atomic mass is 9.91. The van der Waals surface area contributed by atoms with Crippen LogP contribution in [0, 0.1) is 11.8 Å². The predicted molar refractivity (Wildman–Crippen MR) is 83.4 cm³/mol. The van der Waals surface area contributed by atoms with E-state index in [0.29, 0.717) is 19.3 Å². The molecule has 1 aromatic rings. The summed E-state index contributed by atoms with van der Waals surface area (Å²) >= 11 is 0. The maximum Gasteiger partial charge on any atom is 0.303 e. The van der Waals surface area contributed by atoms with E-state index in [1.54, 1.807) is 12.2 Å². The number of aliphatic hydroxyl groups excluding tert-OH is 1. The summed E-state index contributed by atoms with van der Waals surface area (Å²) in [6, 6.07) is 9.83. The van der Waals surface area contributed by atoms with Gasteiger partial charge < -0.3 is 10.2 Å². The van der Waals surface area contributed by atoms with Crippen LogP contribution in [0.4, 0.5) is 0 Å². The Kier molecular flexibility index (Phi) is 5.90. The van der Waals surface area contributed by atoms with Crippen LogP contribution in [-0.4, -0.2) is 28.1 Å². The Hall–Kier alpha value is -1.94. The van der Waals surface area contributed by atoms with Gasteiger partial charge in [0, 0.05) is 12.3 Å². The van der Waals surface area contributed by atoms with Crippen molar-refractivity contribution in [3.05, 3.63) is 48.0 Å². The van der Waals surface area contributed by atoms with E-state index >= 15 is 0 Å². The normalized spacial score (nSPS) is 24.7. The van der Waals surface area contributed by atoms with Gasteiger partial charge in [0.05, 0.1) is 12.5 Å². The molecular formula is C18H22O4. The molecule has 3 atom stereocenters. The van der Waals surface area contributed by atoms with Crippen molar-refractivity contribution in [2.24, 2.45) is 11.8 Å². The summed E-state index contributed by atoms with van der Waals surface area (Å²) in [5.74, 6) is -1.17. The van der Waals surface area contributed by atoms with E-state index in [0.717, 1.165) is 12.0 Å². The summed E-state index contributed by atoms with van der Waals surface area (Å²) in [5.41, 5.74) is 1.13. The summed E-state index contributed by atoms with van der Waals surface area (Å²) in [7, 11) is 0. The molecule has 22 heavy (non-hydrogen) atoms. The molecule has 0 aromatic heterocycles. The quantitative estimate of drug-likeness (QED) is 0.759. The monoisotopic (exact) mass is 302 g/mol. The molecule has 0 aliphatic heterocycles. The third-order valence-electron chi connectivity index (χ3n) is 4.28. The highest BCUT2D eigenvalue weighted by atomic mass is 16.4. The molecule has 0 bridgehead atoms. The zero-order valence-corrected chi connectivity index (χ0v) is 12.5. The summed E-state index contributed by atoms with van der Waals surface area (Å²) in [6.45, 7) is 0. The molecule has 4 heteroatoms. The molecule has 0 heterocycles. The van der Waals surface area contributed by atoms with Crippen molar-refractivity contribution in [2.45, 2.75) is 38.2 Å². The molecule has 0 saturated heterocycles. The second-order valence-electron chi connectivity index (χ2n) is 5.88. The van der Waals surface area contributed by atoms with Crippen LogP contribution in [0.15, 0.2) is 42.5 Å². The number of carboxylic acid groups (broad SMARTS) is 1. The third kappa shape index (κ3) is 4.81. The number of hydrogen-bond donors (Lipinski definition) is 2. The fraction of sp³-hybridized carbons (Fsp3) is 0.444. The van der Waals surface area contributed by atoms with E-state index in [1.807, 2.05) is 30.3 Å². The van der Waals surface area contributed by atoms with Gasteiger partial charge in [-0.15, -0.1) is 0 Å². The van der Waals surface area contributed by atoms with Crippen molar-refractivity contribution in [2.75, 3.05) is 0 Å². The van der Waals surface area contributed by atoms with Crippen molar-refractivity contribution in [1.82, 2.24) is 0 Å². The van der Waals surface area contributed by atoms with E-state index < -0.39 is 12.1 Å². The van der Waals surface area contributed by atoms with Crippen molar-refractivity contribution in [3.8, 4) is 0 Å². The molecule has 1 fully saturated rings. The van der Waals surface area contributed by atoms with Crippen LogP contribution in [-0.2, 0) is 16.0 Å². The number of rotatable bonds is 7.